The molecule has 0 heterocycles. The maximum absolute atomic E-state index is 5.28. The van der Waals surface area contributed by atoms with Crippen molar-refractivity contribution >= 4 is 15.9 Å². The zero-order chi connectivity index (χ0) is 15.9. The minimum atomic E-state index is 0.733. The summed E-state index contributed by atoms with van der Waals surface area (Å²) >= 11 is 3.50. The van der Waals surface area contributed by atoms with Crippen LogP contribution in [0.1, 0.15) is 11.1 Å². The Kier molecular flexibility index (Phi) is 6.10. The van der Waals surface area contributed by atoms with Gasteiger partial charge in [0, 0.05) is 19.2 Å². The first-order valence-corrected chi connectivity index (χ1v) is 7.70. The summed E-state index contributed by atoms with van der Waals surface area (Å²) in [5.41, 5.74) is 2.30. The second-order valence-corrected chi connectivity index (χ2v) is 5.65. The summed E-state index contributed by atoms with van der Waals surface area (Å²) in [5.74, 6) is 2.42. The van der Waals surface area contributed by atoms with Gasteiger partial charge in [-0.2, -0.15) is 0 Å². The predicted molar refractivity (Wildman–Crippen MR) is 90.8 cm³/mol. The minimum absolute atomic E-state index is 0.733. The van der Waals surface area contributed by atoms with Gasteiger partial charge >= 0.3 is 0 Å². The van der Waals surface area contributed by atoms with E-state index < -0.39 is 0 Å². The summed E-state index contributed by atoms with van der Waals surface area (Å²) in [6.45, 7) is 1.50. The molecule has 0 aliphatic carbocycles. The van der Waals surface area contributed by atoms with Crippen molar-refractivity contribution in [1.82, 2.24) is 5.32 Å². The van der Waals surface area contributed by atoms with Gasteiger partial charge in [0.25, 0.3) is 0 Å². The van der Waals surface area contributed by atoms with Crippen LogP contribution in [0, 0.1) is 0 Å². The number of ether oxygens (including phenoxy) is 3. The Bertz CT molecular complexity index is 609. The summed E-state index contributed by atoms with van der Waals surface area (Å²) in [4.78, 5) is 0. The van der Waals surface area contributed by atoms with Crippen molar-refractivity contribution in [3.8, 4) is 17.2 Å². The lowest BCUT2D eigenvalue weighted by Crippen LogP contribution is -2.12. The van der Waals surface area contributed by atoms with Crippen molar-refractivity contribution in [2.24, 2.45) is 0 Å². The Labute approximate surface area is 139 Å². The number of rotatable bonds is 7. The van der Waals surface area contributed by atoms with Crippen LogP contribution in [0.4, 0.5) is 0 Å². The molecule has 0 fully saturated rings. The van der Waals surface area contributed by atoms with Crippen LogP contribution < -0.4 is 19.5 Å². The topological polar surface area (TPSA) is 39.7 Å². The zero-order valence-electron chi connectivity index (χ0n) is 13.0. The molecule has 2 rings (SSSR count). The summed E-state index contributed by atoms with van der Waals surface area (Å²) in [5, 5.41) is 3.41. The highest BCUT2D eigenvalue weighted by atomic mass is 79.9. The Morgan fingerprint density at radius 1 is 0.818 bits per heavy atom. The van der Waals surface area contributed by atoms with Crippen LogP contribution in [0.5, 0.6) is 17.2 Å². The number of hydrogen-bond donors (Lipinski definition) is 1. The second-order valence-electron chi connectivity index (χ2n) is 4.79. The molecule has 4 nitrogen and oxygen atoms in total. The largest absolute Gasteiger partial charge is 0.497 e. The molecular weight excluding hydrogens is 346 g/mol. The molecule has 5 heteroatoms. The van der Waals surface area contributed by atoms with E-state index in [-0.39, 0.29) is 0 Å². The molecule has 2 aromatic rings. The van der Waals surface area contributed by atoms with Gasteiger partial charge in [-0.15, -0.1) is 0 Å². The number of hydrogen-bond acceptors (Lipinski definition) is 4. The smallest absolute Gasteiger partial charge is 0.133 e. The van der Waals surface area contributed by atoms with Gasteiger partial charge in [0.05, 0.1) is 25.8 Å². The normalized spacial score (nSPS) is 10.4. The van der Waals surface area contributed by atoms with Crippen molar-refractivity contribution in [3.05, 3.63) is 52.0 Å². The molecule has 0 aliphatic heterocycles. The van der Waals surface area contributed by atoms with E-state index in [2.05, 4.69) is 27.3 Å². The molecule has 0 radical (unpaired) electrons. The number of benzene rings is 2. The van der Waals surface area contributed by atoms with Crippen LogP contribution in [0.15, 0.2) is 40.9 Å². The van der Waals surface area contributed by atoms with Gasteiger partial charge < -0.3 is 19.5 Å². The molecule has 22 heavy (non-hydrogen) atoms. The van der Waals surface area contributed by atoms with Gasteiger partial charge in [0.1, 0.15) is 17.2 Å². The number of halogens is 1. The van der Waals surface area contributed by atoms with Gasteiger partial charge in [-0.25, -0.2) is 0 Å². The van der Waals surface area contributed by atoms with Crippen molar-refractivity contribution in [2.45, 2.75) is 13.1 Å². The fourth-order valence-corrected chi connectivity index (χ4v) is 2.73. The first-order chi connectivity index (χ1) is 10.7. The summed E-state index contributed by atoms with van der Waals surface area (Å²) in [6, 6.07) is 11.9. The van der Waals surface area contributed by atoms with Crippen LogP contribution in [0.25, 0.3) is 0 Å². The third-order valence-corrected chi connectivity index (χ3v) is 3.91. The molecule has 0 atom stereocenters. The van der Waals surface area contributed by atoms with Gasteiger partial charge in [-0.05, 0) is 51.3 Å². The maximum Gasteiger partial charge on any atom is 0.133 e. The average Bonchev–Trinajstić information content (AvgIpc) is 2.54. The molecule has 0 aliphatic rings. The Morgan fingerprint density at radius 3 is 2.00 bits per heavy atom. The fourth-order valence-electron chi connectivity index (χ4n) is 2.14. The van der Waals surface area contributed by atoms with E-state index in [0.29, 0.717) is 0 Å². The molecule has 0 spiro atoms. The fraction of sp³-hybridized carbons (Fsp3) is 0.294. The number of methoxy groups -OCH3 is 3. The number of nitrogens with one attached hydrogen (secondary N) is 1. The molecule has 0 saturated carbocycles. The second kappa shape index (κ2) is 8.06. The molecule has 0 saturated heterocycles. The van der Waals surface area contributed by atoms with Gasteiger partial charge in [-0.1, -0.05) is 6.07 Å². The van der Waals surface area contributed by atoms with E-state index in [0.717, 1.165) is 40.4 Å². The zero-order valence-corrected chi connectivity index (χ0v) is 14.6. The summed E-state index contributed by atoms with van der Waals surface area (Å²) in [7, 11) is 4.97. The third kappa shape index (κ3) is 4.39. The maximum atomic E-state index is 5.28. The first kappa shape index (κ1) is 16.6. The van der Waals surface area contributed by atoms with Crippen LogP contribution in [0.2, 0.25) is 0 Å². The first-order valence-electron chi connectivity index (χ1n) is 6.91. The highest BCUT2D eigenvalue weighted by Crippen LogP contribution is 2.26. The highest BCUT2D eigenvalue weighted by molar-refractivity contribution is 9.10. The van der Waals surface area contributed by atoms with Crippen LogP contribution in [0.3, 0.4) is 0 Å². The summed E-state index contributed by atoms with van der Waals surface area (Å²) < 4.78 is 16.7. The van der Waals surface area contributed by atoms with E-state index in [1.165, 1.54) is 5.56 Å². The molecular formula is C17H20BrNO3. The lowest BCUT2D eigenvalue weighted by Gasteiger charge is -2.10. The Balaban J connectivity index is 1.97. The minimum Gasteiger partial charge on any atom is -0.497 e. The van der Waals surface area contributed by atoms with Crippen LogP contribution >= 0.6 is 15.9 Å². The molecule has 2 aromatic carbocycles. The van der Waals surface area contributed by atoms with E-state index >= 15 is 0 Å². The molecule has 118 valence electrons. The van der Waals surface area contributed by atoms with Gasteiger partial charge in [-0.3, -0.25) is 0 Å². The Hall–Kier alpha value is -1.72. The highest BCUT2D eigenvalue weighted by Gasteiger charge is 2.03. The van der Waals surface area contributed by atoms with Crippen molar-refractivity contribution in [3.63, 3.8) is 0 Å². The third-order valence-electron chi connectivity index (χ3n) is 3.29. The molecule has 1 N–H and O–H groups in total. The van der Waals surface area contributed by atoms with Gasteiger partial charge in [0.15, 0.2) is 0 Å². The van der Waals surface area contributed by atoms with Crippen molar-refractivity contribution in [1.29, 1.82) is 0 Å². The van der Waals surface area contributed by atoms with Crippen molar-refractivity contribution < 1.29 is 14.2 Å². The Morgan fingerprint density at radius 2 is 1.45 bits per heavy atom. The summed E-state index contributed by atoms with van der Waals surface area (Å²) in [6.07, 6.45) is 0. The van der Waals surface area contributed by atoms with Crippen LogP contribution in [-0.4, -0.2) is 21.3 Å². The molecule has 0 aromatic heterocycles. The van der Waals surface area contributed by atoms with E-state index in [4.69, 9.17) is 14.2 Å². The van der Waals surface area contributed by atoms with Crippen LogP contribution in [-0.2, 0) is 13.1 Å². The van der Waals surface area contributed by atoms with E-state index in [1.54, 1.807) is 21.3 Å². The van der Waals surface area contributed by atoms with Crippen molar-refractivity contribution in [2.75, 3.05) is 21.3 Å². The SMILES string of the molecule is COc1cc(CNCc2ccc(OC)c(Br)c2)cc(OC)c1. The lowest BCUT2D eigenvalue weighted by molar-refractivity contribution is 0.393. The molecule has 0 amide bonds. The quantitative estimate of drug-likeness (QED) is 0.810. The average molecular weight is 366 g/mol. The standard InChI is InChI=1S/C17H20BrNO3/c1-20-14-6-13(7-15(9-14)21-2)11-19-10-12-4-5-17(22-3)16(18)8-12/h4-9,19H,10-11H2,1-3H3. The molecule has 0 bridgehead atoms. The van der Waals surface area contributed by atoms with E-state index in [9.17, 15) is 0 Å². The van der Waals surface area contributed by atoms with Gasteiger partial charge in [0.2, 0.25) is 0 Å². The van der Waals surface area contributed by atoms with E-state index in [1.807, 2.05) is 30.3 Å². The predicted octanol–water partition coefficient (Wildman–Crippen LogP) is 3.76. The lowest BCUT2D eigenvalue weighted by atomic mass is 10.2. The monoisotopic (exact) mass is 365 g/mol. The molecule has 0 unspecified atom stereocenters.